The van der Waals surface area contributed by atoms with Crippen LogP contribution >= 0.6 is 23.2 Å². The van der Waals surface area contributed by atoms with Crippen molar-refractivity contribution in [3.05, 3.63) is 52.1 Å². The molecule has 1 aliphatic rings. The van der Waals surface area contributed by atoms with Crippen LogP contribution in [-0.2, 0) is 6.18 Å². The van der Waals surface area contributed by atoms with Crippen LogP contribution in [0.4, 0.5) is 29.5 Å². The van der Waals surface area contributed by atoms with Gasteiger partial charge < -0.3 is 15.1 Å². The molecule has 0 spiro atoms. The van der Waals surface area contributed by atoms with Crippen LogP contribution in [0.25, 0.3) is 0 Å². The van der Waals surface area contributed by atoms with Crippen LogP contribution in [0.15, 0.2) is 36.5 Å². The smallest absolute Gasteiger partial charge is 0.355 e. The molecule has 0 bridgehead atoms. The lowest BCUT2D eigenvalue weighted by Crippen LogP contribution is -2.38. The lowest BCUT2D eigenvalue weighted by molar-refractivity contribution is -0.137. The number of pyridine rings is 1. The summed E-state index contributed by atoms with van der Waals surface area (Å²) in [5, 5.41) is 3.51. The molecule has 1 N–H and O–H groups in total. The second-order valence-corrected chi connectivity index (χ2v) is 7.10. The van der Waals surface area contributed by atoms with Gasteiger partial charge >= 0.3 is 12.2 Å². The lowest BCUT2D eigenvalue weighted by Gasteiger charge is -2.23. The maximum Gasteiger partial charge on any atom is 0.417 e. The molecule has 1 fully saturated rings. The van der Waals surface area contributed by atoms with Crippen LogP contribution in [0.3, 0.4) is 0 Å². The summed E-state index contributed by atoms with van der Waals surface area (Å²) in [4.78, 5) is 19.9. The average Bonchev–Trinajstić information content (AvgIpc) is 2.90. The van der Waals surface area contributed by atoms with Crippen molar-refractivity contribution in [1.82, 2.24) is 9.88 Å². The quantitative estimate of drug-likeness (QED) is 0.713. The summed E-state index contributed by atoms with van der Waals surface area (Å²) in [6.07, 6.45) is -2.92. The number of carbonyl (C=O) groups excluding carboxylic acids is 1. The minimum atomic E-state index is -4.41. The summed E-state index contributed by atoms with van der Waals surface area (Å²) in [5.74, 6) is 0.458. The SMILES string of the molecule is O=C(Nc1ccc(Cl)c(Cl)c1)N1CCCN(c2ccc(C(F)(F)F)cn2)CC1. The number of nitrogens with zero attached hydrogens (tertiary/aromatic N) is 3. The van der Waals surface area contributed by atoms with Crippen molar-refractivity contribution in [2.45, 2.75) is 12.6 Å². The lowest BCUT2D eigenvalue weighted by atomic mass is 10.2. The monoisotopic (exact) mass is 432 g/mol. The fourth-order valence-electron chi connectivity index (χ4n) is 2.87. The van der Waals surface area contributed by atoms with Crippen molar-refractivity contribution in [1.29, 1.82) is 0 Å². The highest BCUT2D eigenvalue weighted by atomic mass is 35.5. The first-order valence-electron chi connectivity index (χ1n) is 8.53. The van der Waals surface area contributed by atoms with Crippen LogP contribution < -0.4 is 10.2 Å². The Morgan fingerprint density at radius 1 is 1.04 bits per heavy atom. The van der Waals surface area contributed by atoms with Gasteiger partial charge in [0.2, 0.25) is 0 Å². The van der Waals surface area contributed by atoms with Gasteiger partial charge in [0.15, 0.2) is 0 Å². The van der Waals surface area contributed by atoms with Gasteiger partial charge in [-0.2, -0.15) is 13.2 Å². The second kappa shape index (κ2) is 8.45. The van der Waals surface area contributed by atoms with Gasteiger partial charge in [0.25, 0.3) is 0 Å². The summed E-state index contributed by atoms with van der Waals surface area (Å²) < 4.78 is 38.0. The Hall–Kier alpha value is -2.19. The maximum atomic E-state index is 12.7. The number of halogens is 5. The highest BCUT2D eigenvalue weighted by Crippen LogP contribution is 2.29. The molecule has 2 aromatic rings. The fraction of sp³-hybridized carbons (Fsp3) is 0.333. The molecule has 0 atom stereocenters. The van der Waals surface area contributed by atoms with Crippen molar-refractivity contribution in [2.75, 3.05) is 36.4 Å². The van der Waals surface area contributed by atoms with E-state index in [4.69, 9.17) is 23.2 Å². The van der Waals surface area contributed by atoms with E-state index in [2.05, 4.69) is 10.3 Å². The fourth-order valence-corrected chi connectivity index (χ4v) is 3.16. The van der Waals surface area contributed by atoms with E-state index in [-0.39, 0.29) is 6.03 Å². The highest BCUT2D eigenvalue weighted by Gasteiger charge is 2.31. The Bertz CT molecular complexity index is 846. The number of anilines is 2. The van der Waals surface area contributed by atoms with Gasteiger partial charge in [0.1, 0.15) is 5.82 Å². The molecule has 2 heterocycles. The third-order valence-corrected chi connectivity index (χ3v) is 5.09. The number of aromatic nitrogens is 1. The first-order chi connectivity index (χ1) is 13.2. The number of amides is 2. The molecule has 0 aliphatic carbocycles. The molecular weight excluding hydrogens is 416 g/mol. The Labute approximate surface area is 170 Å². The van der Waals surface area contributed by atoms with Crippen LogP contribution in [0.1, 0.15) is 12.0 Å². The van der Waals surface area contributed by atoms with Crippen LogP contribution in [0.2, 0.25) is 10.0 Å². The van der Waals surface area contributed by atoms with Crippen molar-refractivity contribution in [3.8, 4) is 0 Å². The predicted octanol–water partition coefficient (Wildman–Crippen LogP) is 5.15. The molecule has 0 unspecified atom stereocenters. The normalized spacial score (nSPS) is 15.3. The molecule has 28 heavy (non-hydrogen) atoms. The van der Waals surface area contributed by atoms with Gasteiger partial charge in [-0.25, -0.2) is 9.78 Å². The minimum absolute atomic E-state index is 0.277. The Balaban J connectivity index is 1.61. The molecule has 0 saturated carbocycles. The summed E-state index contributed by atoms with van der Waals surface area (Å²) in [5.41, 5.74) is -0.251. The molecule has 3 rings (SSSR count). The Morgan fingerprint density at radius 2 is 1.82 bits per heavy atom. The van der Waals surface area contributed by atoms with Crippen LogP contribution in [0, 0.1) is 0 Å². The first-order valence-corrected chi connectivity index (χ1v) is 9.29. The molecule has 150 valence electrons. The van der Waals surface area contributed by atoms with Crippen LogP contribution in [0.5, 0.6) is 0 Å². The van der Waals surface area contributed by atoms with Gasteiger partial charge in [-0.15, -0.1) is 0 Å². The van der Waals surface area contributed by atoms with E-state index in [1.807, 2.05) is 4.90 Å². The standard InChI is InChI=1S/C18H17Cl2F3N4O/c19-14-4-3-13(10-15(14)20)25-17(28)27-7-1-6-26(8-9-27)16-5-2-12(11-24-16)18(21,22)23/h2-5,10-11H,1,6-9H2,(H,25,28). The number of alkyl halides is 3. The maximum absolute atomic E-state index is 12.7. The molecule has 1 aromatic carbocycles. The zero-order chi connectivity index (χ0) is 20.3. The first kappa shape index (κ1) is 20.5. The second-order valence-electron chi connectivity index (χ2n) is 6.29. The number of benzene rings is 1. The highest BCUT2D eigenvalue weighted by molar-refractivity contribution is 6.42. The molecule has 0 radical (unpaired) electrons. The van der Waals surface area contributed by atoms with Crippen molar-refractivity contribution < 1.29 is 18.0 Å². The van der Waals surface area contributed by atoms with Crippen molar-refractivity contribution in [3.63, 3.8) is 0 Å². The zero-order valence-electron chi connectivity index (χ0n) is 14.6. The molecular formula is C18H17Cl2F3N4O. The van der Waals surface area contributed by atoms with E-state index in [1.165, 1.54) is 6.07 Å². The minimum Gasteiger partial charge on any atom is -0.355 e. The van der Waals surface area contributed by atoms with Gasteiger partial charge in [-0.1, -0.05) is 23.2 Å². The molecule has 1 aromatic heterocycles. The van der Waals surface area contributed by atoms with Gasteiger partial charge in [-0.05, 0) is 36.8 Å². The summed E-state index contributed by atoms with van der Waals surface area (Å²) in [6.45, 7) is 1.99. The van der Waals surface area contributed by atoms with E-state index >= 15 is 0 Å². The number of rotatable bonds is 2. The predicted molar refractivity (Wildman–Crippen MR) is 103 cm³/mol. The van der Waals surface area contributed by atoms with E-state index < -0.39 is 11.7 Å². The largest absolute Gasteiger partial charge is 0.417 e. The summed E-state index contributed by atoms with van der Waals surface area (Å²) in [7, 11) is 0. The molecule has 5 nitrogen and oxygen atoms in total. The Morgan fingerprint density at radius 3 is 2.46 bits per heavy atom. The average molecular weight is 433 g/mol. The molecule has 1 aliphatic heterocycles. The van der Waals surface area contributed by atoms with E-state index in [1.54, 1.807) is 23.1 Å². The topological polar surface area (TPSA) is 48.5 Å². The number of urea groups is 1. The summed E-state index contributed by atoms with van der Waals surface area (Å²) in [6, 6.07) is 6.91. The number of carbonyl (C=O) groups is 1. The third kappa shape index (κ3) is 4.99. The number of nitrogens with one attached hydrogen (secondary N) is 1. The number of hydrogen-bond acceptors (Lipinski definition) is 3. The van der Waals surface area contributed by atoms with E-state index in [0.29, 0.717) is 54.2 Å². The van der Waals surface area contributed by atoms with Crippen molar-refractivity contribution in [2.24, 2.45) is 0 Å². The Kier molecular flexibility index (Phi) is 6.20. The summed E-state index contributed by atoms with van der Waals surface area (Å²) >= 11 is 11.8. The van der Waals surface area contributed by atoms with Gasteiger partial charge in [-0.3, -0.25) is 0 Å². The van der Waals surface area contributed by atoms with Gasteiger partial charge in [0, 0.05) is 38.1 Å². The molecule has 10 heteroatoms. The molecule has 1 saturated heterocycles. The van der Waals surface area contributed by atoms with Crippen molar-refractivity contribution >= 4 is 40.7 Å². The van der Waals surface area contributed by atoms with Crippen LogP contribution in [-0.4, -0.2) is 42.1 Å². The van der Waals surface area contributed by atoms with E-state index in [9.17, 15) is 18.0 Å². The van der Waals surface area contributed by atoms with E-state index in [0.717, 1.165) is 12.3 Å². The number of hydrogen-bond donors (Lipinski definition) is 1. The zero-order valence-corrected chi connectivity index (χ0v) is 16.2. The molecule has 2 amide bonds. The van der Waals surface area contributed by atoms with Gasteiger partial charge in [0.05, 0.1) is 15.6 Å². The third-order valence-electron chi connectivity index (χ3n) is 4.35.